The number of nitrogens with one attached hydrogen (secondary N) is 1. The zero-order valence-corrected chi connectivity index (χ0v) is 13.3. The smallest absolute Gasteiger partial charge is 0.258 e. The molecule has 112 valence electrons. The van der Waals surface area contributed by atoms with Crippen LogP contribution in [-0.2, 0) is 16.6 Å². The molecule has 0 amide bonds. The molecule has 2 aromatic rings. The number of hydrogen-bond donors (Lipinski definition) is 1. The molecule has 0 aliphatic heterocycles. The molecule has 1 heterocycles. The van der Waals surface area contributed by atoms with Gasteiger partial charge >= 0.3 is 0 Å². The first-order valence-corrected chi connectivity index (χ1v) is 8.47. The second-order valence-corrected chi connectivity index (χ2v) is 7.88. The Morgan fingerprint density at radius 3 is 2.62 bits per heavy atom. The molecule has 0 bridgehead atoms. The standard InChI is InChI=1S/C12H11ClN2O4S2/c1-8-4-2-3-5-9(8)7-14-21(18,19)11-6-10(15(16)17)12(13)20-11/h2-6,14H,7H2,1H3. The number of thiophene rings is 1. The summed E-state index contributed by atoms with van der Waals surface area (Å²) in [5.41, 5.74) is 1.38. The lowest BCUT2D eigenvalue weighted by Gasteiger charge is -2.07. The molecule has 0 atom stereocenters. The van der Waals surface area contributed by atoms with Crippen molar-refractivity contribution in [2.45, 2.75) is 17.7 Å². The number of nitro groups is 1. The monoisotopic (exact) mass is 346 g/mol. The normalized spacial score (nSPS) is 11.5. The summed E-state index contributed by atoms with van der Waals surface area (Å²) in [6, 6.07) is 8.31. The number of nitrogens with zero attached hydrogens (tertiary/aromatic N) is 1. The first-order chi connectivity index (χ1) is 9.81. The van der Waals surface area contributed by atoms with Gasteiger partial charge in [-0.2, -0.15) is 0 Å². The summed E-state index contributed by atoms with van der Waals surface area (Å²) in [6.07, 6.45) is 0. The zero-order valence-electron chi connectivity index (χ0n) is 10.9. The number of halogens is 1. The Labute approximate surface area is 130 Å². The predicted octanol–water partition coefficient (Wildman–Crippen LogP) is 3.10. The molecule has 0 aliphatic carbocycles. The fourth-order valence-electron chi connectivity index (χ4n) is 1.65. The van der Waals surface area contributed by atoms with Gasteiger partial charge in [-0.25, -0.2) is 13.1 Å². The summed E-state index contributed by atoms with van der Waals surface area (Å²) >= 11 is 6.34. The van der Waals surface area contributed by atoms with E-state index < -0.39 is 20.6 Å². The van der Waals surface area contributed by atoms with Gasteiger partial charge in [0.2, 0.25) is 0 Å². The molecule has 0 unspecified atom stereocenters. The number of sulfonamides is 1. The van der Waals surface area contributed by atoms with E-state index in [9.17, 15) is 18.5 Å². The molecule has 0 saturated heterocycles. The van der Waals surface area contributed by atoms with E-state index in [1.807, 2.05) is 31.2 Å². The zero-order chi connectivity index (χ0) is 15.6. The van der Waals surface area contributed by atoms with Crippen LogP contribution in [0.5, 0.6) is 0 Å². The minimum Gasteiger partial charge on any atom is -0.258 e. The van der Waals surface area contributed by atoms with E-state index in [1.54, 1.807) is 0 Å². The van der Waals surface area contributed by atoms with E-state index >= 15 is 0 Å². The highest BCUT2D eigenvalue weighted by atomic mass is 35.5. The topological polar surface area (TPSA) is 89.3 Å². The van der Waals surface area contributed by atoms with Crippen LogP contribution < -0.4 is 4.72 Å². The second-order valence-electron chi connectivity index (χ2n) is 4.23. The van der Waals surface area contributed by atoms with Crippen LogP contribution >= 0.6 is 22.9 Å². The van der Waals surface area contributed by atoms with Crippen molar-refractivity contribution in [3.63, 3.8) is 0 Å². The predicted molar refractivity (Wildman–Crippen MR) is 81.2 cm³/mol. The molecular formula is C12H11ClN2O4S2. The van der Waals surface area contributed by atoms with Gasteiger partial charge in [0.25, 0.3) is 15.7 Å². The minimum absolute atomic E-state index is 0.109. The molecule has 9 heteroatoms. The first-order valence-electron chi connectivity index (χ1n) is 5.79. The van der Waals surface area contributed by atoms with Gasteiger partial charge in [-0.1, -0.05) is 35.9 Å². The van der Waals surface area contributed by atoms with E-state index in [-0.39, 0.29) is 15.1 Å². The maximum Gasteiger partial charge on any atom is 0.300 e. The molecule has 6 nitrogen and oxygen atoms in total. The van der Waals surface area contributed by atoms with E-state index in [4.69, 9.17) is 11.6 Å². The maximum absolute atomic E-state index is 12.1. The lowest BCUT2D eigenvalue weighted by atomic mass is 10.1. The Kier molecular flexibility index (Phi) is 4.62. The van der Waals surface area contributed by atoms with Gasteiger partial charge in [0.15, 0.2) is 4.34 Å². The molecule has 1 aromatic carbocycles. The third kappa shape index (κ3) is 3.59. The molecule has 0 radical (unpaired) electrons. The number of benzene rings is 1. The van der Waals surface area contributed by atoms with Crippen LogP contribution in [0.15, 0.2) is 34.5 Å². The molecule has 1 aromatic heterocycles. The number of rotatable bonds is 5. The maximum atomic E-state index is 12.1. The Hall–Kier alpha value is -1.48. The SMILES string of the molecule is Cc1ccccc1CNS(=O)(=O)c1cc([N+](=O)[O-])c(Cl)s1. The Morgan fingerprint density at radius 2 is 2.05 bits per heavy atom. The Balaban J connectivity index is 2.21. The van der Waals surface area contributed by atoms with Crippen molar-refractivity contribution >= 4 is 38.6 Å². The highest BCUT2D eigenvalue weighted by Crippen LogP contribution is 2.36. The highest BCUT2D eigenvalue weighted by molar-refractivity contribution is 7.91. The summed E-state index contributed by atoms with van der Waals surface area (Å²) in [4.78, 5) is 9.99. The summed E-state index contributed by atoms with van der Waals surface area (Å²) in [7, 11) is -3.83. The lowest BCUT2D eigenvalue weighted by Crippen LogP contribution is -2.22. The summed E-state index contributed by atoms with van der Waals surface area (Å²) < 4.78 is 26.3. The summed E-state index contributed by atoms with van der Waals surface area (Å²) in [5.74, 6) is 0. The van der Waals surface area contributed by atoms with Crippen LogP contribution in [0.25, 0.3) is 0 Å². The average molecular weight is 347 g/mol. The van der Waals surface area contributed by atoms with Crippen molar-refractivity contribution in [2.75, 3.05) is 0 Å². The molecule has 0 saturated carbocycles. The third-order valence-corrected chi connectivity index (χ3v) is 6.03. The van der Waals surface area contributed by atoms with Gasteiger partial charge in [-0.05, 0) is 18.1 Å². The van der Waals surface area contributed by atoms with Crippen LogP contribution in [-0.4, -0.2) is 13.3 Å². The molecule has 21 heavy (non-hydrogen) atoms. The van der Waals surface area contributed by atoms with Crippen LogP contribution in [0.4, 0.5) is 5.69 Å². The van der Waals surface area contributed by atoms with Crippen LogP contribution in [0, 0.1) is 17.0 Å². The van der Waals surface area contributed by atoms with Crippen molar-refractivity contribution in [3.8, 4) is 0 Å². The van der Waals surface area contributed by atoms with E-state index in [1.165, 1.54) is 0 Å². The Bertz CT molecular complexity index is 786. The van der Waals surface area contributed by atoms with Gasteiger partial charge in [-0.15, -0.1) is 11.3 Å². The fraction of sp³-hybridized carbons (Fsp3) is 0.167. The van der Waals surface area contributed by atoms with Crippen LogP contribution in [0.1, 0.15) is 11.1 Å². The molecule has 0 spiro atoms. The fourth-order valence-corrected chi connectivity index (χ4v) is 4.36. The minimum atomic E-state index is -3.83. The molecular weight excluding hydrogens is 336 g/mol. The van der Waals surface area contributed by atoms with Gasteiger partial charge in [0.05, 0.1) is 4.92 Å². The highest BCUT2D eigenvalue weighted by Gasteiger charge is 2.25. The van der Waals surface area contributed by atoms with E-state index in [0.717, 1.165) is 17.2 Å². The first kappa shape index (κ1) is 15.9. The average Bonchev–Trinajstić information content (AvgIpc) is 2.81. The molecule has 0 aliphatic rings. The van der Waals surface area contributed by atoms with Crippen molar-refractivity contribution in [3.05, 3.63) is 55.9 Å². The Morgan fingerprint density at radius 1 is 1.38 bits per heavy atom. The van der Waals surface area contributed by atoms with Crippen LogP contribution in [0.2, 0.25) is 4.34 Å². The van der Waals surface area contributed by atoms with Crippen molar-refractivity contribution in [1.82, 2.24) is 4.72 Å². The van der Waals surface area contributed by atoms with E-state index in [2.05, 4.69) is 4.72 Å². The van der Waals surface area contributed by atoms with Crippen molar-refractivity contribution in [1.29, 1.82) is 0 Å². The summed E-state index contributed by atoms with van der Waals surface area (Å²) in [6.45, 7) is 1.98. The number of hydrogen-bond acceptors (Lipinski definition) is 5. The molecule has 2 rings (SSSR count). The molecule has 0 fully saturated rings. The third-order valence-electron chi connectivity index (χ3n) is 2.82. The van der Waals surface area contributed by atoms with Gasteiger partial charge in [0, 0.05) is 12.6 Å². The number of aryl methyl sites for hydroxylation is 1. The van der Waals surface area contributed by atoms with E-state index in [0.29, 0.717) is 11.3 Å². The second kappa shape index (κ2) is 6.10. The largest absolute Gasteiger partial charge is 0.300 e. The quantitative estimate of drug-likeness (QED) is 0.665. The molecule has 1 N–H and O–H groups in total. The van der Waals surface area contributed by atoms with Crippen molar-refractivity contribution in [2.24, 2.45) is 0 Å². The summed E-state index contributed by atoms with van der Waals surface area (Å²) in [5, 5.41) is 10.7. The van der Waals surface area contributed by atoms with Gasteiger partial charge in [0.1, 0.15) is 4.21 Å². The lowest BCUT2D eigenvalue weighted by molar-refractivity contribution is -0.384. The van der Waals surface area contributed by atoms with Gasteiger partial charge < -0.3 is 0 Å². The van der Waals surface area contributed by atoms with Gasteiger partial charge in [-0.3, -0.25) is 10.1 Å². The van der Waals surface area contributed by atoms with Crippen molar-refractivity contribution < 1.29 is 13.3 Å². The van der Waals surface area contributed by atoms with Crippen LogP contribution in [0.3, 0.4) is 0 Å².